The molecule has 3 heteroatoms. The van der Waals surface area contributed by atoms with Crippen LogP contribution in [0.15, 0.2) is 24.3 Å². The van der Waals surface area contributed by atoms with Crippen LogP contribution in [0.25, 0.3) is 0 Å². The average molecular weight is 373 g/mol. The molecule has 0 bridgehead atoms. The molecular formula is C16H24INO. The normalized spacial score (nSPS) is 26.8. The fraction of sp³-hybridized carbons (Fsp3) is 0.625. The quantitative estimate of drug-likeness (QED) is 0.608. The number of nitrogens with one attached hydrogen (secondary N) is 1. The van der Waals surface area contributed by atoms with E-state index in [-0.39, 0.29) is 5.41 Å². The summed E-state index contributed by atoms with van der Waals surface area (Å²) in [6.45, 7) is 7.51. The van der Waals surface area contributed by atoms with Crippen molar-refractivity contribution in [3.63, 3.8) is 0 Å². The van der Waals surface area contributed by atoms with Crippen LogP contribution >= 0.6 is 22.6 Å². The number of rotatable bonds is 6. The van der Waals surface area contributed by atoms with E-state index in [9.17, 15) is 0 Å². The molecule has 0 aromatic heterocycles. The molecule has 1 aromatic rings. The summed E-state index contributed by atoms with van der Waals surface area (Å²) in [6, 6.07) is 8.91. The first-order valence-electron chi connectivity index (χ1n) is 7.23. The third-order valence-corrected chi connectivity index (χ3v) is 4.92. The molecule has 1 fully saturated rings. The third-order valence-electron chi connectivity index (χ3n) is 4.20. The smallest absolute Gasteiger partial charge is 0.0619 e. The lowest BCUT2D eigenvalue weighted by molar-refractivity contribution is 0.0631. The van der Waals surface area contributed by atoms with Crippen LogP contribution in [0.1, 0.15) is 32.3 Å². The first kappa shape index (κ1) is 15.3. The van der Waals surface area contributed by atoms with E-state index < -0.39 is 0 Å². The molecule has 0 saturated carbocycles. The Balaban J connectivity index is 2.07. The standard InChI is InChI=1S/C16H24INO/c1-3-9-18-12-16(8-10-19-13(16)2)11-14-4-6-15(17)7-5-14/h4-7,13,18H,3,8-12H2,1-2H3. The monoisotopic (exact) mass is 373 g/mol. The summed E-state index contributed by atoms with van der Waals surface area (Å²) in [5, 5.41) is 3.60. The minimum atomic E-state index is 0.266. The molecule has 1 aliphatic heterocycles. The maximum absolute atomic E-state index is 5.85. The van der Waals surface area contributed by atoms with Crippen molar-refractivity contribution in [1.82, 2.24) is 5.32 Å². The summed E-state index contributed by atoms with van der Waals surface area (Å²) in [4.78, 5) is 0. The Labute approximate surface area is 130 Å². The topological polar surface area (TPSA) is 21.3 Å². The highest BCUT2D eigenvalue weighted by Crippen LogP contribution is 2.37. The van der Waals surface area contributed by atoms with Crippen molar-refractivity contribution in [3.05, 3.63) is 33.4 Å². The van der Waals surface area contributed by atoms with Crippen molar-refractivity contribution in [3.8, 4) is 0 Å². The number of halogens is 1. The number of hydrogen-bond donors (Lipinski definition) is 1. The molecule has 2 atom stereocenters. The van der Waals surface area contributed by atoms with Crippen molar-refractivity contribution in [2.24, 2.45) is 5.41 Å². The van der Waals surface area contributed by atoms with Gasteiger partial charge in [-0.2, -0.15) is 0 Å². The lowest BCUT2D eigenvalue weighted by Gasteiger charge is -2.33. The second kappa shape index (κ2) is 7.04. The molecular weight excluding hydrogens is 349 g/mol. The van der Waals surface area contributed by atoms with Gasteiger partial charge in [0.2, 0.25) is 0 Å². The summed E-state index contributed by atoms with van der Waals surface area (Å²) in [7, 11) is 0. The maximum Gasteiger partial charge on any atom is 0.0619 e. The lowest BCUT2D eigenvalue weighted by atomic mass is 9.76. The van der Waals surface area contributed by atoms with Gasteiger partial charge in [0, 0.05) is 22.1 Å². The van der Waals surface area contributed by atoms with E-state index in [0.29, 0.717) is 6.10 Å². The zero-order valence-corrected chi connectivity index (χ0v) is 14.1. The molecule has 1 N–H and O–H groups in total. The third kappa shape index (κ3) is 3.92. The molecule has 0 aliphatic carbocycles. The van der Waals surface area contributed by atoms with Crippen molar-refractivity contribution < 1.29 is 4.74 Å². The molecule has 2 nitrogen and oxygen atoms in total. The van der Waals surface area contributed by atoms with Crippen LogP contribution in [0, 0.1) is 8.99 Å². The zero-order chi connectivity index (χ0) is 13.7. The van der Waals surface area contributed by atoms with Gasteiger partial charge in [0.15, 0.2) is 0 Å². The van der Waals surface area contributed by atoms with Gasteiger partial charge in [0.05, 0.1) is 6.10 Å². The first-order valence-corrected chi connectivity index (χ1v) is 8.31. The molecule has 1 saturated heterocycles. The largest absolute Gasteiger partial charge is 0.378 e. The van der Waals surface area contributed by atoms with Crippen LogP contribution in [0.2, 0.25) is 0 Å². The molecule has 1 aromatic carbocycles. The zero-order valence-electron chi connectivity index (χ0n) is 11.9. The van der Waals surface area contributed by atoms with Crippen LogP contribution in [0.4, 0.5) is 0 Å². The Kier molecular flexibility index (Phi) is 5.66. The molecule has 19 heavy (non-hydrogen) atoms. The van der Waals surface area contributed by atoms with Crippen LogP contribution in [-0.4, -0.2) is 25.8 Å². The Bertz CT molecular complexity index is 392. The SMILES string of the molecule is CCCNCC1(Cc2ccc(I)cc2)CCOC1C. The minimum absolute atomic E-state index is 0.266. The highest BCUT2D eigenvalue weighted by molar-refractivity contribution is 14.1. The van der Waals surface area contributed by atoms with Crippen molar-refractivity contribution >= 4 is 22.6 Å². The highest BCUT2D eigenvalue weighted by Gasteiger charge is 2.41. The Morgan fingerprint density at radius 1 is 1.37 bits per heavy atom. The van der Waals surface area contributed by atoms with Crippen molar-refractivity contribution in [2.45, 2.75) is 39.2 Å². The summed E-state index contributed by atoms with van der Waals surface area (Å²) < 4.78 is 7.16. The van der Waals surface area contributed by atoms with E-state index >= 15 is 0 Å². The van der Waals surface area contributed by atoms with Gasteiger partial charge in [-0.25, -0.2) is 0 Å². The van der Waals surface area contributed by atoms with E-state index in [1.165, 1.54) is 15.6 Å². The highest BCUT2D eigenvalue weighted by atomic mass is 127. The summed E-state index contributed by atoms with van der Waals surface area (Å²) in [6.07, 6.45) is 3.81. The van der Waals surface area contributed by atoms with Gasteiger partial charge in [0.1, 0.15) is 0 Å². The second-order valence-corrected chi connectivity index (χ2v) is 6.85. The number of hydrogen-bond acceptors (Lipinski definition) is 2. The second-order valence-electron chi connectivity index (χ2n) is 5.61. The van der Waals surface area contributed by atoms with Gasteiger partial charge < -0.3 is 10.1 Å². The Hall–Kier alpha value is -0.130. The predicted octanol–water partition coefficient (Wildman–Crippen LogP) is 3.63. The van der Waals surface area contributed by atoms with Gasteiger partial charge >= 0.3 is 0 Å². The molecule has 2 unspecified atom stereocenters. The van der Waals surface area contributed by atoms with E-state index in [1.54, 1.807) is 0 Å². The predicted molar refractivity (Wildman–Crippen MR) is 88.5 cm³/mol. The Morgan fingerprint density at radius 2 is 2.11 bits per heavy atom. The van der Waals surface area contributed by atoms with Crippen LogP contribution < -0.4 is 5.32 Å². The molecule has 0 radical (unpaired) electrons. The van der Waals surface area contributed by atoms with Gasteiger partial charge in [-0.1, -0.05) is 19.1 Å². The Morgan fingerprint density at radius 3 is 2.68 bits per heavy atom. The van der Waals surface area contributed by atoms with Crippen molar-refractivity contribution in [2.75, 3.05) is 19.7 Å². The van der Waals surface area contributed by atoms with E-state index in [0.717, 1.165) is 32.5 Å². The molecule has 106 valence electrons. The van der Waals surface area contributed by atoms with Crippen LogP contribution in [0.5, 0.6) is 0 Å². The van der Waals surface area contributed by atoms with Gasteiger partial charge in [-0.15, -0.1) is 0 Å². The fourth-order valence-electron chi connectivity index (χ4n) is 2.87. The summed E-state index contributed by atoms with van der Waals surface area (Å²) in [5.41, 5.74) is 1.69. The van der Waals surface area contributed by atoms with E-state index in [4.69, 9.17) is 4.74 Å². The number of benzene rings is 1. The van der Waals surface area contributed by atoms with E-state index in [2.05, 4.69) is 66.0 Å². The van der Waals surface area contributed by atoms with Gasteiger partial charge in [0.25, 0.3) is 0 Å². The molecule has 2 rings (SSSR count). The first-order chi connectivity index (χ1) is 9.16. The summed E-state index contributed by atoms with van der Waals surface area (Å²) in [5.74, 6) is 0. The minimum Gasteiger partial charge on any atom is -0.378 e. The van der Waals surface area contributed by atoms with Crippen LogP contribution in [0.3, 0.4) is 0 Å². The molecule has 1 heterocycles. The van der Waals surface area contributed by atoms with E-state index in [1.807, 2.05) is 0 Å². The molecule has 0 spiro atoms. The molecule has 0 amide bonds. The summed E-state index contributed by atoms with van der Waals surface area (Å²) >= 11 is 2.36. The maximum atomic E-state index is 5.85. The van der Waals surface area contributed by atoms with Crippen molar-refractivity contribution in [1.29, 1.82) is 0 Å². The molecule has 1 aliphatic rings. The number of ether oxygens (including phenoxy) is 1. The average Bonchev–Trinajstić information content (AvgIpc) is 2.75. The lowest BCUT2D eigenvalue weighted by Crippen LogP contribution is -2.41. The van der Waals surface area contributed by atoms with Gasteiger partial charge in [-0.3, -0.25) is 0 Å². The fourth-order valence-corrected chi connectivity index (χ4v) is 3.23. The van der Waals surface area contributed by atoms with Gasteiger partial charge in [-0.05, 0) is 73.0 Å². The van der Waals surface area contributed by atoms with Crippen LogP contribution in [-0.2, 0) is 11.2 Å².